The van der Waals surface area contributed by atoms with Gasteiger partial charge in [0, 0.05) is 12.1 Å². The third-order valence-electron chi connectivity index (χ3n) is 2.97. The molecular formula is C15H25NO2. The Morgan fingerprint density at radius 1 is 1.06 bits per heavy atom. The molecule has 102 valence electrons. The first-order chi connectivity index (χ1) is 8.64. The minimum absolute atomic E-state index is 0.198. The van der Waals surface area contributed by atoms with Crippen LogP contribution < -0.4 is 10.1 Å². The fraction of sp³-hybridized carbons (Fsp3) is 0.600. The minimum atomic E-state index is 0.198. The summed E-state index contributed by atoms with van der Waals surface area (Å²) in [6.45, 7) is 9.41. The third kappa shape index (κ3) is 6.62. The van der Waals surface area contributed by atoms with Gasteiger partial charge in [0.2, 0.25) is 0 Å². The number of hydrogen-bond donors (Lipinski definition) is 1. The van der Waals surface area contributed by atoms with E-state index >= 15 is 0 Å². The van der Waals surface area contributed by atoms with Gasteiger partial charge in [0.05, 0.1) is 13.2 Å². The van der Waals surface area contributed by atoms with E-state index in [4.69, 9.17) is 9.47 Å². The third-order valence-corrected chi connectivity index (χ3v) is 2.97. The van der Waals surface area contributed by atoms with E-state index in [0.717, 1.165) is 25.3 Å². The normalized spacial score (nSPS) is 11.5. The predicted molar refractivity (Wildman–Crippen MR) is 75.1 cm³/mol. The lowest BCUT2D eigenvalue weighted by Gasteiger charge is -2.24. The maximum absolute atomic E-state index is 5.53. The van der Waals surface area contributed by atoms with Gasteiger partial charge in [-0.05, 0) is 32.4 Å². The zero-order valence-corrected chi connectivity index (χ0v) is 11.7. The summed E-state index contributed by atoms with van der Waals surface area (Å²) in [7, 11) is 0. The molecule has 0 aliphatic rings. The summed E-state index contributed by atoms with van der Waals surface area (Å²) in [6, 6.07) is 9.81. The quantitative estimate of drug-likeness (QED) is 0.685. The van der Waals surface area contributed by atoms with Crippen molar-refractivity contribution in [2.45, 2.75) is 32.7 Å². The lowest BCUT2D eigenvalue weighted by Crippen LogP contribution is -2.40. The van der Waals surface area contributed by atoms with Gasteiger partial charge in [0.1, 0.15) is 12.4 Å². The summed E-state index contributed by atoms with van der Waals surface area (Å²) in [5, 5.41) is 3.45. The minimum Gasteiger partial charge on any atom is -0.491 e. The zero-order valence-electron chi connectivity index (χ0n) is 11.7. The van der Waals surface area contributed by atoms with Crippen LogP contribution in [0.1, 0.15) is 27.2 Å². The summed E-state index contributed by atoms with van der Waals surface area (Å²) >= 11 is 0. The molecule has 0 saturated carbocycles. The predicted octanol–water partition coefficient (Wildman–Crippen LogP) is 2.86. The molecule has 1 rings (SSSR count). The van der Waals surface area contributed by atoms with Gasteiger partial charge in [-0.25, -0.2) is 0 Å². The van der Waals surface area contributed by atoms with Gasteiger partial charge in [0.15, 0.2) is 0 Å². The van der Waals surface area contributed by atoms with Crippen molar-refractivity contribution in [1.82, 2.24) is 5.32 Å². The molecule has 0 fully saturated rings. The number of ether oxygens (including phenoxy) is 2. The Labute approximate surface area is 110 Å². The van der Waals surface area contributed by atoms with Gasteiger partial charge in [-0.3, -0.25) is 0 Å². The highest BCUT2D eigenvalue weighted by molar-refractivity contribution is 5.20. The fourth-order valence-electron chi connectivity index (χ4n) is 1.42. The van der Waals surface area contributed by atoms with E-state index in [1.54, 1.807) is 0 Å². The Bertz CT molecular complexity index is 312. The van der Waals surface area contributed by atoms with Crippen molar-refractivity contribution in [3.63, 3.8) is 0 Å². The average Bonchev–Trinajstić information content (AvgIpc) is 2.39. The van der Waals surface area contributed by atoms with Crippen LogP contribution in [0.3, 0.4) is 0 Å². The van der Waals surface area contributed by atoms with Crippen molar-refractivity contribution in [3.8, 4) is 5.75 Å². The second-order valence-electron chi connectivity index (χ2n) is 4.94. The molecule has 18 heavy (non-hydrogen) atoms. The Morgan fingerprint density at radius 3 is 2.44 bits per heavy atom. The smallest absolute Gasteiger partial charge is 0.119 e. The number of benzene rings is 1. The molecular weight excluding hydrogens is 226 g/mol. The van der Waals surface area contributed by atoms with E-state index in [1.807, 2.05) is 30.3 Å². The highest BCUT2D eigenvalue weighted by atomic mass is 16.5. The highest BCUT2D eigenvalue weighted by Gasteiger charge is 2.12. The summed E-state index contributed by atoms with van der Waals surface area (Å²) < 4.78 is 11.0. The molecule has 0 saturated heterocycles. The van der Waals surface area contributed by atoms with E-state index in [9.17, 15) is 0 Å². The van der Waals surface area contributed by atoms with Crippen LogP contribution in [0, 0.1) is 0 Å². The highest BCUT2D eigenvalue weighted by Crippen LogP contribution is 2.07. The van der Waals surface area contributed by atoms with Crippen molar-refractivity contribution >= 4 is 0 Å². The van der Waals surface area contributed by atoms with Crippen molar-refractivity contribution in [2.24, 2.45) is 0 Å². The SMILES string of the molecule is CCC(C)(C)NCCOCCOc1ccccc1. The first-order valence-corrected chi connectivity index (χ1v) is 6.65. The fourth-order valence-corrected chi connectivity index (χ4v) is 1.42. The van der Waals surface area contributed by atoms with E-state index in [1.165, 1.54) is 0 Å². The molecule has 1 aromatic rings. The van der Waals surface area contributed by atoms with Crippen LogP contribution in [0.2, 0.25) is 0 Å². The molecule has 0 aliphatic carbocycles. The second-order valence-corrected chi connectivity index (χ2v) is 4.94. The molecule has 3 nitrogen and oxygen atoms in total. The lowest BCUT2D eigenvalue weighted by molar-refractivity contribution is 0.0977. The van der Waals surface area contributed by atoms with E-state index in [2.05, 4.69) is 26.1 Å². The van der Waals surface area contributed by atoms with E-state index in [-0.39, 0.29) is 5.54 Å². The molecule has 1 N–H and O–H groups in total. The molecule has 0 unspecified atom stereocenters. The first-order valence-electron chi connectivity index (χ1n) is 6.65. The largest absolute Gasteiger partial charge is 0.491 e. The Kier molecular flexibility index (Phi) is 6.76. The van der Waals surface area contributed by atoms with Crippen molar-refractivity contribution in [1.29, 1.82) is 0 Å². The topological polar surface area (TPSA) is 30.5 Å². The van der Waals surface area contributed by atoms with Crippen LogP contribution in [0.5, 0.6) is 5.75 Å². The lowest BCUT2D eigenvalue weighted by atomic mass is 10.0. The summed E-state index contributed by atoms with van der Waals surface area (Å²) in [4.78, 5) is 0. The zero-order chi connectivity index (χ0) is 13.3. The number of hydrogen-bond acceptors (Lipinski definition) is 3. The van der Waals surface area contributed by atoms with Gasteiger partial charge in [-0.1, -0.05) is 25.1 Å². The maximum Gasteiger partial charge on any atom is 0.119 e. The monoisotopic (exact) mass is 251 g/mol. The van der Waals surface area contributed by atoms with E-state index in [0.29, 0.717) is 13.2 Å². The van der Waals surface area contributed by atoms with Gasteiger partial charge < -0.3 is 14.8 Å². The van der Waals surface area contributed by atoms with Crippen LogP contribution in [-0.4, -0.2) is 31.9 Å². The molecule has 0 atom stereocenters. The molecule has 0 aromatic heterocycles. The van der Waals surface area contributed by atoms with E-state index < -0.39 is 0 Å². The molecule has 0 radical (unpaired) electrons. The Hall–Kier alpha value is -1.06. The van der Waals surface area contributed by atoms with Crippen LogP contribution in [-0.2, 0) is 4.74 Å². The molecule has 0 spiro atoms. The molecule has 1 aromatic carbocycles. The van der Waals surface area contributed by atoms with Gasteiger partial charge >= 0.3 is 0 Å². The molecule has 0 amide bonds. The van der Waals surface area contributed by atoms with Crippen molar-refractivity contribution in [3.05, 3.63) is 30.3 Å². The van der Waals surface area contributed by atoms with Gasteiger partial charge in [-0.2, -0.15) is 0 Å². The standard InChI is InChI=1S/C15H25NO2/c1-4-15(2,3)16-10-11-17-12-13-18-14-8-6-5-7-9-14/h5-9,16H,4,10-13H2,1-3H3. The second kappa shape index (κ2) is 8.11. The average molecular weight is 251 g/mol. The van der Waals surface area contributed by atoms with Crippen LogP contribution in [0.4, 0.5) is 0 Å². The van der Waals surface area contributed by atoms with Gasteiger partial charge in [0.25, 0.3) is 0 Å². The Balaban J connectivity index is 1.96. The molecule has 0 bridgehead atoms. The number of rotatable bonds is 9. The number of para-hydroxylation sites is 1. The molecule has 3 heteroatoms. The van der Waals surface area contributed by atoms with Crippen LogP contribution in [0.25, 0.3) is 0 Å². The van der Waals surface area contributed by atoms with Crippen molar-refractivity contribution < 1.29 is 9.47 Å². The summed E-state index contributed by atoms with van der Waals surface area (Å²) in [6.07, 6.45) is 1.12. The maximum atomic E-state index is 5.53. The first kappa shape index (κ1) is 15.0. The molecule has 0 aliphatic heterocycles. The van der Waals surface area contributed by atoms with Crippen LogP contribution >= 0.6 is 0 Å². The van der Waals surface area contributed by atoms with Crippen molar-refractivity contribution in [2.75, 3.05) is 26.4 Å². The van der Waals surface area contributed by atoms with Gasteiger partial charge in [-0.15, -0.1) is 0 Å². The summed E-state index contributed by atoms with van der Waals surface area (Å²) in [5.41, 5.74) is 0.198. The molecule has 0 heterocycles. The number of nitrogens with one attached hydrogen (secondary N) is 1. The summed E-state index contributed by atoms with van der Waals surface area (Å²) in [5.74, 6) is 0.895. The Morgan fingerprint density at radius 2 is 1.78 bits per heavy atom. The van der Waals surface area contributed by atoms with Crippen LogP contribution in [0.15, 0.2) is 30.3 Å².